The van der Waals surface area contributed by atoms with Crippen LogP contribution in [0.25, 0.3) is 0 Å². The van der Waals surface area contributed by atoms with Crippen LogP contribution in [0.2, 0.25) is 0 Å². The molecular formula is C15H31NS. The molecule has 0 radical (unpaired) electrons. The second-order valence-electron chi connectivity index (χ2n) is 5.76. The predicted octanol–water partition coefficient (Wildman–Crippen LogP) is 4.32. The van der Waals surface area contributed by atoms with Crippen molar-refractivity contribution in [3.8, 4) is 0 Å². The topological polar surface area (TPSA) is 12.0 Å². The smallest absolute Gasteiger partial charge is 0.0226 e. The van der Waals surface area contributed by atoms with E-state index in [9.17, 15) is 0 Å². The second-order valence-corrected chi connectivity index (χ2v) is 7.05. The number of hydrogen-bond donors (Lipinski definition) is 1. The van der Waals surface area contributed by atoms with Crippen LogP contribution in [0.4, 0.5) is 0 Å². The first-order chi connectivity index (χ1) is 8.19. The van der Waals surface area contributed by atoms with Crippen molar-refractivity contribution in [3.05, 3.63) is 0 Å². The van der Waals surface area contributed by atoms with Gasteiger partial charge in [0, 0.05) is 11.3 Å². The zero-order chi connectivity index (χ0) is 12.7. The Bertz CT molecular complexity index is 195. The van der Waals surface area contributed by atoms with Crippen molar-refractivity contribution in [2.24, 2.45) is 11.8 Å². The quantitative estimate of drug-likeness (QED) is 0.682. The Morgan fingerprint density at radius 1 is 1.12 bits per heavy atom. The van der Waals surface area contributed by atoms with E-state index in [1.54, 1.807) is 0 Å². The van der Waals surface area contributed by atoms with Crippen LogP contribution in [0, 0.1) is 11.8 Å². The number of nitrogens with one attached hydrogen (secondary N) is 1. The Morgan fingerprint density at radius 3 is 2.53 bits per heavy atom. The second kappa shape index (κ2) is 8.42. The van der Waals surface area contributed by atoms with Gasteiger partial charge in [-0.3, -0.25) is 0 Å². The van der Waals surface area contributed by atoms with Crippen LogP contribution in [0.5, 0.6) is 0 Å². The largest absolute Gasteiger partial charge is 0.313 e. The number of thioether (sulfide) groups is 1. The molecule has 0 saturated heterocycles. The lowest BCUT2D eigenvalue weighted by atomic mass is 9.80. The first-order valence-corrected chi connectivity index (χ1v) is 8.58. The summed E-state index contributed by atoms with van der Waals surface area (Å²) in [7, 11) is 0. The average Bonchev–Trinajstić information content (AvgIpc) is 2.27. The molecule has 1 aliphatic rings. The highest BCUT2D eigenvalue weighted by atomic mass is 32.2. The summed E-state index contributed by atoms with van der Waals surface area (Å²) in [5.74, 6) is 3.15. The van der Waals surface area contributed by atoms with Gasteiger partial charge in [0.25, 0.3) is 0 Å². The Kier molecular flexibility index (Phi) is 7.61. The van der Waals surface area contributed by atoms with E-state index in [4.69, 9.17) is 0 Å². The van der Waals surface area contributed by atoms with Crippen molar-refractivity contribution in [2.75, 3.05) is 12.3 Å². The van der Waals surface area contributed by atoms with Crippen molar-refractivity contribution in [2.45, 2.75) is 71.1 Å². The Morgan fingerprint density at radius 2 is 1.88 bits per heavy atom. The van der Waals surface area contributed by atoms with Crippen LogP contribution in [-0.4, -0.2) is 23.6 Å². The van der Waals surface area contributed by atoms with Gasteiger partial charge in [0.2, 0.25) is 0 Å². The molecule has 1 aliphatic carbocycles. The molecule has 0 aromatic heterocycles. The molecule has 0 spiro atoms. The molecule has 1 saturated carbocycles. The SMILES string of the molecule is CCCCCSC1C(C)CC(C)CC1NCC. The fourth-order valence-electron chi connectivity index (χ4n) is 3.14. The fraction of sp³-hybridized carbons (Fsp3) is 1.00. The van der Waals surface area contributed by atoms with Gasteiger partial charge in [-0.2, -0.15) is 11.8 Å². The molecule has 0 aromatic carbocycles. The molecule has 4 atom stereocenters. The van der Waals surface area contributed by atoms with Crippen LogP contribution in [0.1, 0.15) is 59.8 Å². The fourth-order valence-corrected chi connectivity index (χ4v) is 4.67. The number of unbranched alkanes of at least 4 members (excludes halogenated alkanes) is 2. The average molecular weight is 257 g/mol. The monoisotopic (exact) mass is 257 g/mol. The lowest BCUT2D eigenvalue weighted by molar-refractivity contribution is 0.251. The molecule has 102 valence electrons. The molecule has 0 amide bonds. The molecule has 0 aromatic rings. The zero-order valence-electron chi connectivity index (χ0n) is 12.2. The first kappa shape index (κ1) is 15.4. The highest BCUT2D eigenvalue weighted by Crippen LogP contribution is 2.36. The van der Waals surface area contributed by atoms with Crippen LogP contribution in [0.15, 0.2) is 0 Å². The molecule has 4 unspecified atom stereocenters. The van der Waals surface area contributed by atoms with E-state index in [0.29, 0.717) is 0 Å². The third kappa shape index (κ3) is 5.21. The van der Waals surface area contributed by atoms with E-state index in [2.05, 4.69) is 44.8 Å². The molecule has 0 aliphatic heterocycles. The molecule has 2 heteroatoms. The molecule has 1 N–H and O–H groups in total. The minimum atomic E-state index is 0.755. The normalized spacial score (nSPS) is 33.9. The molecule has 0 bridgehead atoms. The van der Waals surface area contributed by atoms with Gasteiger partial charge in [0.05, 0.1) is 0 Å². The minimum Gasteiger partial charge on any atom is -0.313 e. The summed E-state index contributed by atoms with van der Waals surface area (Å²) in [4.78, 5) is 0. The minimum absolute atomic E-state index is 0.755. The van der Waals surface area contributed by atoms with E-state index >= 15 is 0 Å². The molecule has 1 rings (SSSR count). The van der Waals surface area contributed by atoms with Crippen LogP contribution < -0.4 is 5.32 Å². The Balaban J connectivity index is 2.40. The molecule has 17 heavy (non-hydrogen) atoms. The van der Waals surface area contributed by atoms with Gasteiger partial charge in [-0.15, -0.1) is 0 Å². The number of rotatable bonds is 7. The highest BCUT2D eigenvalue weighted by molar-refractivity contribution is 7.99. The van der Waals surface area contributed by atoms with Gasteiger partial charge in [-0.25, -0.2) is 0 Å². The summed E-state index contributed by atoms with van der Waals surface area (Å²) in [6.07, 6.45) is 6.95. The summed E-state index contributed by atoms with van der Waals surface area (Å²) in [5.41, 5.74) is 0. The third-order valence-corrected chi connectivity index (χ3v) is 5.61. The third-order valence-electron chi connectivity index (χ3n) is 3.91. The van der Waals surface area contributed by atoms with Crippen molar-refractivity contribution in [3.63, 3.8) is 0 Å². The van der Waals surface area contributed by atoms with Crippen LogP contribution in [0.3, 0.4) is 0 Å². The summed E-state index contributed by atoms with van der Waals surface area (Å²) >= 11 is 2.23. The molecule has 1 nitrogen and oxygen atoms in total. The zero-order valence-corrected chi connectivity index (χ0v) is 13.0. The lowest BCUT2D eigenvalue weighted by Gasteiger charge is -2.39. The van der Waals surface area contributed by atoms with Crippen molar-refractivity contribution >= 4 is 11.8 Å². The van der Waals surface area contributed by atoms with Gasteiger partial charge in [-0.1, -0.05) is 40.5 Å². The molecule has 1 fully saturated rings. The predicted molar refractivity (Wildman–Crippen MR) is 80.8 cm³/mol. The molecule has 0 heterocycles. The van der Waals surface area contributed by atoms with E-state index in [1.807, 2.05) is 0 Å². The van der Waals surface area contributed by atoms with Crippen LogP contribution >= 0.6 is 11.8 Å². The maximum Gasteiger partial charge on any atom is 0.0226 e. The summed E-state index contributed by atoms with van der Waals surface area (Å²) in [6.45, 7) is 10.5. The Hall–Kier alpha value is 0.310. The van der Waals surface area contributed by atoms with E-state index in [-0.39, 0.29) is 0 Å². The van der Waals surface area contributed by atoms with E-state index < -0.39 is 0 Å². The van der Waals surface area contributed by atoms with Crippen molar-refractivity contribution in [1.29, 1.82) is 0 Å². The molecular weight excluding hydrogens is 226 g/mol. The van der Waals surface area contributed by atoms with E-state index in [1.165, 1.54) is 37.9 Å². The van der Waals surface area contributed by atoms with Gasteiger partial charge < -0.3 is 5.32 Å². The van der Waals surface area contributed by atoms with Gasteiger partial charge in [0.1, 0.15) is 0 Å². The lowest BCUT2D eigenvalue weighted by Crippen LogP contribution is -2.46. The maximum atomic E-state index is 3.72. The van der Waals surface area contributed by atoms with Gasteiger partial charge in [-0.05, 0) is 43.4 Å². The van der Waals surface area contributed by atoms with E-state index in [0.717, 1.165) is 29.7 Å². The summed E-state index contributed by atoms with van der Waals surface area (Å²) < 4.78 is 0. The summed E-state index contributed by atoms with van der Waals surface area (Å²) in [6, 6.07) is 0.755. The summed E-state index contributed by atoms with van der Waals surface area (Å²) in [5, 5.41) is 4.57. The van der Waals surface area contributed by atoms with Crippen molar-refractivity contribution < 1.29 is 0 Å². The highest BCUT2D eigenvalue weighted by Gasteiger charge is 2.33. The van der Waals surface area contributed by atoms with Gasteiger partial charge in [0.15, 0.2) is 0 Å². The first-order valence-electron chi connectivity index (χ1n) is 7.54. The number of hydrogen-bond acceptors (Lipinski definition) is 2. The van der Waals surface area contributed by atoms with Crippen LogP contribution in [-0.2, 0) is 0 Å². The standard InChI is InChI=1S/C15H31NS/c1-5-7-8-9-17-15-13(4)10-12(3)11-14(15)16-6-2/h12-16H,5-11H2,1-4H3. The van der Waals surface area contributed by atoms with Gasteiger partial charge >= 0.3 is 0 Å². The van der Waals surface area contributed by atoms with Crippen molar-refractivity contribution in [1.82, 2.24) is 5.32 Å². The Labute approximate surface area is 113 Å². The maximum absolute atomic E-state index is 3.72.